The number of halogens is 3. The van der Waals surface area contributed by atoms with Crippen molar-refractivity contribution in [3.05, 3.63) is 33.7 Å². The largest absolute Gasteiger partial charge is 0.481 e. The molecule has 2 heterocycles. The molecule has 6 nitrogen and oxygen atoms in total. The lowest BCUT2D eigenvalue weighted by Crippen LogP contribution is -2.51. The molecule has 114 valence electrons. The van der Waals surface area contributed by atoms with Gasteiger partial charge in [0.05, 0.1) is 6.42 Å². The number of alkyl halides is 3. The second-order valence-corrected chi connectivity index (χ2v) is 4.79. The van der Waals surface area contributed by atoms with E-state index in [2.05, 4.69) is 0 Å². The van der Waals surface area contributed by atoms with Crippen LogP contribution in [0, 0.1) is 5.92 Å². The number of carboxylic acids is 1. The van der Waals surface area contributed by atoms with Gasteiger partial charge in [-0.3, -0.25) is 14.4 Å². The highest BCUT2D eigenvalue weighted by atomic mass is 19.4. The maximum absolute atomic E-state index is 12.4. The topological polar surface area (TPSA) is 90.5 Å². The summed E-state index contributed by atoms with van der Waals surface area (Å²) in [6.07, 6.45) is -4.78. The Bertz CT molecular complexity index is 632. The fourth-order valence-corrected chi connectivity index (χ4v) is 2.09. The second-order valence-electron chi connectivity index (χ2n) is 4.79. The molecule has 2 N–H and O–H groups in total. The maximum Gasteiger partial charge on any atom is 0.431 e. The Morgan fingerprint density at radius 2 is 1.95 bits per heavy atom. The number of hydrogen-bond donors (Lipinski definition) is 2. The Hall–Kier alpha value is -2.32. The molecule has 21 heavy (non-hydrogen) atoms. The predicted octanol–water partition coefficient (Wildman–Crippen LogP) is 0.940. The molecule has 1 saturated heterocycles. The molecule has 0 radical (unpaired) electrons. The molecule has 1 aliphatic heterocycles. The summed E-state index contributed by atoms with van der Waals surface area (Å²) in [6, 6.07) is 1.46. The quantitative estimate of drug-likeness (QED) is 0.869. The van der Waals surface area contributed by atoms with Crippen LogP contribution in [0.2, 0.25) is 0 Å². The van der Waals surface area contributed by atoms with Crippen molar-refractivity contribution < 1.29 is 27.9 Å². The first-order chi connectivity index (χ1) is 9.68. The lowest BCUT2D eigenvalue weighted by Gasteiger charge is -2.38. The highest BCUT2D eigenvalue weighted by Gasteiger charge is 2.35. The van der Waals surface area contributed by atoms with Gasteiger partial charge < -0.3 is 15.0 Å². The number of amides is 1. The lowest BCUT2D eigenvalue weighted by molar-refractivity contribution is -0.141. The van der Waals surface area contributed by atoms with Crippen molar-refractivity contribution in [3.63, 3.8) is 0 Å². The van der Waals surface area contributed by atoms with Gasteiger partial charge in [-0.1, -0.05) is 0 Å². The zero-order valence-electron chi connectivity index (χ0n) is 10.6. The minimum absolute atomic E-state index is 0.0901. The zero-order valence-corrected chi connectivity index (χ0v) is 10.6. The number of rotatable bonds is 3. The van der Waals surface area contributed by atoms with E-state index in [1.807, 2.05) is 0 Å². The number of pyridine rings is 1. The number of likely N-dealkylation sites (tertiary alicyclic amines) is 1. The van der Waals surface area contributed by atoms with Crippen LogP contribution < -0.4 is 5.56 Å². The average molecular weight is 304 g/mol. The smallest absolute Gasteiger partial charge is 0.431 e. The van der Waals surface area contributed by atoms with Crippen molar-refractivity contribution in [3.8, 4) is 0 Å². The lowest BCUT2D eigenvalue weighted by atomic mass is 9.95. The van der Waals surface area contributed by atoms with Crippen LogP contribution in [0.3, 0.4) is 0 Å². The molecule has 9 heteroatoms. The molecular weight excluding hydrogens is 293 g/mol. The summed E-state index contributed by atoms with van der Waals surface area (Å²) in [5, 5.41) is 8.58. The van der Waals surface area contributed by atoms with E-state index in [0.717, 1.165) is 6.07 Å². The molecule has 1 aliphatic rings. The van der Waals surface area contributed by atoms with E-state index in [1.165, 1.54) is 4.90 Å². The Morgan fingerprint density at radius 3 is 2.43 bits per heavy atom. The second kappa shape index (κ2) is 5.23. The molecule has 0 saturated carbocycles. The van der Waals surface area contributed by atoms with Crippen LogP contribution in [-0.4, -0.2) is 40.0 Å². The SMILES string of the molecule is O=C(O)CC1CN(C(=O)c2ccc(C(F)(F)F)[nH]c2=O)C1. The van der Waals surface area contributed by atoms with Gasteiger partial charge in [0.15, 0.2) is 0 Å². The molecule has 2 rings (SSSR count). The number of aromatic amines is 1. The van der Waals surface area contributed by atoms with Crippen molar-refractivity contribution in [2.75, 3.05) is 13.1 Å². The fourth-order valence-electron chi connectivity index (χ4n) is 2.09. The normalized spacial score (nSPS) is 15.7. The van der Waals surface area contributed by atoms with Crippen molar-refractivity contribution in [2.45, 2.75) is 12.6 Å². The van der Waals surface area contributed by atoms with Gasteiger partial charge in [0.2, 0.25) is 0 Å². The number of aliphatic carboxylic acids is 1. The molecule has 1 aromatic heterocycles. The van der Waals surface area contributed by atoms with E-state index in [1.54, 1.807) is 4.98 Å². The molecule has 1 amide bonds. The monoisotopic (exact) mass is 304 g/mol. The average Bonchev–Trinajstić information content (AvgIpc) is 2.31. The summed E-state index contributed by atoms with van der Waals surface area (Å²) in [5.74, 6) is -1.88. The Kier molecular flexibility index (Phi) is 3.75. The number of nitrogens with one attached hydrogen (secondary N) is 1. The fraction of sp³-hybridized carbons (Fsp3) is 0.417. The van der Waals surface area contributed by atoms with Crippen molar-refractivity contribution >= 4 is 11.9 Å². The van der Waals surface area contributed by atoms with Gasteiger partial charge in [-0.25, -0.2) is 0 Å². The van der Waals surface area contributed by atoms with Crippen LogP contribution in [0.25, 0.3) is 0 Å². The van der Waals surface area contributed by atoms with E-state index in [9.17, 15) is 27.6 Å². The Balaban J connectivity index is 2.08. The predicted molar refractivity (Wildman–Crippen MR) is 63.7 cm³/mol. The summed E-state index contributed by atoms with van der Waals surface area (Å²) in [7, 11) is 0. The van der Waals surface area contributed by atoms with Crippen molar-refractivity contribution in [1.82, 2.24) is 9.88 Å². The van der Waals surface area contributed by atoms with E-state index < -0.39 is 34.9 Å². The third kappa shape index (κ3) is 3.23. The van der Waals surface area contributed by atoms with E-state index in [0.29, 0.717) is 6.07 Å². The molecule has 0 bridgehead atoms. The highest BCUT2D eigenvalue weighted by Crippen LogP contribution is 2.27. The number of carbonyl (C=O) groups excluding carboxylic acids is 1. The molecule has 0 aliphatic carbocycles. The van der Waals surface area contributed by atoms with Crippen molar-refractivity contribution in [2.24, 2.45) is 5.92 Å². The van der Waals surface area contributed by atoms with Crippen LogP contribution in [0.4, 0.5) is 13.2 Å². The molecule has 0 aromatic carbocycles. The summed E-state index contributed by atoms with van der Waals surface area (Å²) in [6.45, 7) is 0.344. The minimum Gasteiger partial charge on any atom is -0.481 e. The van der Waals surface area contributed by atoms with Crippen LogP contribution in [-0.2, 0) is 11.0 Å². The molecule has 0 spiro atoms. The molecular formula is C12H11F3N2O4. The van der Waals surface area contributed by atoms with Gasteiger partial charge in [-0.2, -0.15) is 13.2 Å². The van der Waals surface area contributed by atoms with Crippen LogP contribution in [0.15, 0.2) is 16.9 Å². The standard InChI is InChI=1S/C12H11F3N2O4/c13-12(14,15)8-2-1-7(10(20)16-8)11(21)17-4-6(5-17)3-9(18)19/h1-2,6H,3-5H2,(H,16,20)(H,18,19). The zero-order chi connectivity index (χ0) is 15.8. The Labute approximate surface area is 116 Å². The summed E-state index contributed by atoms with van der Waals surface area (Å²) in [5.41, 5.74) is -2.73. The minimum atomic E-state index is -4.69. The number of hydrogen-bond acceptors (Lipinski definition) is 3. The van der Waals surface area contributed by atoms with Crippen LogP contribution in [0.5, 0.6) is 0 Å². The van der Waals surface area contributed by atoms with Crippen LogP contribution >= 0.6 is 0 Å². The summed E-state index contributed by atoms with van der Waals surface area (Å²) in [4.78, 5) is 36.8. The van der Waals surface area contributed by atoms with Gasteiger partial charge in [0.25, 0.3) is 11.5 Å². The number of H-pyrrole nitrogens is 1. The molecule has 0 atom stereocenters. The van der Waals surface area contributed by atoms with Gasteiger partial charge in [-0.05, 0) is 12.1 Å². The highest BCUT2D eigenvalue weighted by molar-refractivity contribution is 5.94. The van der Waals surface area contributed by atoms with Gasteiger partial charge in [-0.15, -0.1) is 0 Å². The third-order valence-electron chi connectivity index (χ3n) is 3.15. The number of carboxylic acid groups (broad SMARTS) is 1. The Morgan fingerprint density at radius 1 is 1.33 bits per heavy atom. The van der Waals surface area contributed by atoms with E-state index in [-0.39, 0.29) is 25.4 Å². The van der Waals surface area contributed by atoms with Gasteiger partial charge in [0.1, 0.15) is 11.3 Å². The number of aromatic nitrogens is 1. The first kappa shape index (κ1) is 15.1. The summed E-state index contributed by atoms with van der Waals surface area (Å²) >= 11 is 0. The van der Waals surface area contributed by atoms with Gasteiger partial charge >= 0.3 is 12.1 Å². The van der Waals surface area contributed by atoms with Crippen LogP contribution in [0.1, 0.15) is 22.5 Å². The first-order valence-corrected chi connectivity index (χ1v) is 6.00. The molecule has 1 fully saturated rings. The maximum atomic E-state index is 12.4. The molecule has 0 unspecified atom stereocenters. The first-order valence-electron chi connectivity index (χ1n) is 6.00. The number of carbonyl (C=O) groups is 2. The van der Waals surface area contributed by atoms with E-state index >= 15 is 0 Å². The van der Waals surface area contributed by atoms with Gasteiger partial charge in [0, 0.05) is 19.0 Å². The van der Waals surface area contributed by atoms with Crippen molar-refractivity contribution in [1.29, 1.82) is 0 Å². The summed E-state index contributed by atoms with van der Waals surface area (Å²) < 4.78 is 37.2. The van der Waals surface area contributed by atoms with E-state index in [4.69, 9.17) is 5.11 Å². The molecule has 1 aromatic rings. The number of nitrogens with zero attached hydrogens (tertiary/aromatic N) is 1. The third-order valence-corrected chi connectivity index (χ3v) is 3.15.